The molecular weight excluding hydrogens is 237 g/mol. The molecule has 0 spiro atoms. The van der Waals surface area contributed by atoms with Gasteiger partial charge in [-0.1, -0.05) is 19.1 Å². The molecule has 0 fully saturated rings. The predicted molar refractivity (Wildman–Crippen MR) is 69.3 cm³/mol. The largest absolute Gasteiger partial charge is 0.387 e. The summed E-state index contributed by atoms with van der Waals surface area (Å²) in [5.74, 6) is 1.11. The summed E-state index contributed by atoms with van der Waals surface area (Å²) in [6.07, 6.45) is 0.322. The second-order valence-corrected chi connectivity index (χ2v) is 5.37. The number of aryl methyl sites for hydroxylation is 1. The van der Waals surface area contributed by atoms with Crippen molar-refractivity contribution in [2.75, 3.05) is 19.0 Å². The van der Waals surface area contributed by atoms with Crippen molar-refractivity contribution in [3.8, 4) is 0 Å². The quantitative estimate of drug-likeness (QED) is 0.847. The molecule has 4 heteroatoms. The molecule has 0 aliphatic carbocycles. The van der Waals surface area contributed by atoms with Gasteiger partial charge in [0, 0.05) is 10.6 Å². The van der Waals surface area contributed by atoms with Crippen LogP contribution in [-0.2, 0) is 6.42 Å². The number of hydrogen-bond acceptors (Lipinski definition) is 3. The Hall–Kier alpha value is -0.580. The van der Waals surface area contributed by atoms with E-state index in [1.165, 1.54) is 10.5 Å². The topological polar surface area (TPSA) is 32.3 Å². The molecule has 1 aromatic carbocycles. The summed E-state index contributed by atoms with van der Waals surface area (Å²) in [7, 11) is 0. The number of benzene rings is 1. The lowest BCUT2D eigenvalue weighted by Gasteiger charge is -2.21. The second kappa shape index (κ2) is 5.85. The Morgan fingerprint density at radius 3 is 3.06 bits per heavy atom. The fraction of sp³-hybridized carbons (Fsp3) is 0.538. The van der Waals surface area contributed by atoms with Crippen molar-refractivity contribution in [3.05, 3.63) is 29.3 Å². The van der Waals surface area contributed by atoms with E-state index in [1.54, 1.807) is 11.8 Å². The number of alkyl halides is 1. The zero-order valence-electron chi connectivity index (χ0n) is 9.95. The average Bonchev–Trinajstić information content (AvgIpc) is 2.82. The van der Waals surface area contributed by atoms with E-state index in [0.29, 0.717) is 6.54 Å². The lowest BCUT2D eigenvalue weighted by molar-refractivity contribution is 0.114. The zero-order valence-corrected chi connectivity index (χ0v) is 10.8. The Morgan fingerprint density at radius 1 is 1.53 bits per heavy atom. The fourth-order valence-electron chi connectivity index (χ4n) is 2.11. The van der Waals surface area contributed by atoms with Gasteiger partial charge in [0.05, 0.1) is 12.1 Å². The number of likely N-dealkylation sites (N-methyl/N-ethyl adjacent to an activating group) is 1. The van der Waals surface area contributed by atoms with Gasteiger partial charge in [0.1, 0.15) is 6.67 Å². The van der Waals surface area contributed by atoms with Crippen LogP contribution in [0.5, 0.6) is 0 Å². The highest BCUT2D eigenvalue weighted by molar-refractivity contribution is 7.99. The second-order valence-electron chi connectivity index (χ2n) is 4.23. The van der Waals surface area contributed by atoms with Gasteiger partial charge in [0.2, 0.25) is 0 Å². The van der Waals surface area contributed by atoms with Crippen molar-refractivity contribution in [3.63, 3.8) is 0 Å². The van der Waals surface area contributed by atoms with E-state index in [0.717, 1.165) is 17.7 Å². The summed E-state index contributed by atoms with van der Waals surface area (Å²) in [6.45, 7) is 2.01. The van der Waals surface area contributed by atoms with Crippen molar-refractivity contribution in [1.29, 1.82) is 0 Å². The Balaban J connectivity index is 2.15. The molecule has 1 aromatic rings. The van der Waals surface area contributed by atoms with Gasteiger partial charge in [0.25, 0.3) is 0 Å². The molecule has 0 saturated carbocycles. The van der Waals surface area contributed by atoms with Crippen LogP contribution >= 0.6 is 11.8 Å². The standard InChI is InChI=1S/C13H18FNOS/c1-2-15-11(8-14)13(16)10-4-3-9-5-6-17-12(9)7-10/h3-4,7,11,13,15-16H,2,5-6,8H2,1H3. The van der Waals surface area contributed by atoms with Crippen LogP contribution in [0.2, 0.25) is 0 Å². The third-order valence-corrected chi connectivity index (χ3v) is 4.17. The maximum atomic E-state index is 12.8. The molecule has 2 unspecified atom stereocenters. The third-order valence-electron chi connectivity index (χ3n) is 3.08. The van der Waals surface area contributed by atoms with Crippen molar-refractivity contribution in [2.24, 2.45) is 0 Å². The Labute approximate surface area is 106 Å². The third kappa shape index (κ3) is 2.81. The molecule has 1 aliphatic heterocycles. The Kier molecular flexibility index (Phi) is 4.42. The minimum Gasteiger partial charge on any atom is -0.387 e. The van der Waals surface area contributed by atoms with Crippen LogP contribution in [0.3, 0.4) is 0 Å². The van der Waals surface area contributed by atoms with Crippen LogP contribution in [0.1, 0.15) is 24.2 Å². The lowest BCUT2D eigenvalue weighted by Crippen LogP contribution is -2.36. The summed E-state index contributed by atoms with van der Waals surface area (Å²) >= 11 is 1.81. The van der Waals surface area contributed by atoms with E-state index >= 15 is 0 Å². The predicted octanol–water partition coefficient (Wildman–Crippen LogP) is 2.32. The maximum Gasteiger partial charge on any atom is 0.108 e. The first-order valence-electron chi connectivity index (χ1n) is 5.99. The van der Waals surface area contributed by atoms with Crippen molar-refractivity contribution in [1.82, 2.24) is 5.32 Å². The van der Waals surface area contributed by atoms with Gasteiger partial charge in [-0.05, 0) is 30.2 Å². The summed E-state index contributed by atoms with van der Waals surface area (Å²) in [5.41, 5.74) is 2.15. The molecule has 2 N–H and O–H groups in total. The van der Waals surface area contributed by atoms with Crippen LogP contribution < -0.4 is 5.32 Å². The molecule has 2 rings (SSSR count). The average molecular weight is 255 g/mol. The number of aliphatic hydroxyl groups excluding tert-OH is 1. The van der Waals surface area contributed by atoms with Crippen LogP contribution in [-0.4, -0.2) is 30.1 Å². The van der Waals surface area contributed by atoms with Crippen molar-refractivity contribution in [2.45, 2.75) is 30.4 Å². The maximum absolute atomic E-state index is 12.8. The Bertz CT molecular complexity index is 386. The number of aliphatic hydroxyl groups is 1. The SMILES string of the molecule is CCNC(CF)C(O)c1ccc2c(c1)SCC2. The van der Waals surface area contributed by atoms with Crippen molar-refractivity contribution < 1.29 is 9.50 Å². The highest BCUT2D eigenvalue weighted by Crippen LogP contribution is 2.33. The van der Waals surface area contributed by atoms with Gasteiger partial charge in [-0.15, -0.1) is 11.8 Å². The van der Waals surface area contributed by atoms with Crippen LogP contribution in [0.15, 0.2) is 23.1 Å². The van der Waals surface area contributed by atoms with Gasteiger partial charge in [-0.2, -0.15) is 0 Å². The van der Waals surface area contributed by atoms with Gasteiger partial charge < -0.3 is 10.4 Å². The van der Waals surface area contributed by atoms with Crippen molar-refractivity contribution >= 4 is 11.8 Å². The van der Waals surface area contributed by atoms with Gasteiger partial charge in [-0.3, -0.25) is 0 Å². The monoisotopic (exact) mass is 255 g/mol. The fourth-order valence-corrected chi connectivity index (χ4v) is 3.23. The molecule has 0 amide bonds. The van der Waals surface area contributed by atoms with E-state index in [4.69, 9.17) is 0 Å². The zero-order chi connectivity index (χ0) is 12.3. The number of hydrogen-bond donors (Lipinski definition) is 2. The van der Waals surface area contributed by atoms with E-state index in [2.05, 4.69) is 11.4 Å². The van der Waals surface area contributed by atoms with E-state index < -0.39 is 18.8 Å². The molecule has 0 aromatic heterocycles. The normalized spacial score (nSPS) is 17.8. The first-order valence-corrected chi connectivity index (χ1v) is 6.98. The molecule has 1 aliphatic rings. The summed E-state index contributed by atoms with van der Waals surface area (Å²) < 4.78 is 12.8. The summed E-state index contributed by atoms with van der Waals surface area (Å²) in [6, 6.07) is 5.45. The highest BCUT2D eigenvalue weighted by atomic mass is 32.2. The first kappa shape index (κ1) is 12.9. The molecule has 2 atom stereocenters. The van der Waals surface area contributed by atoms with Gasteiger partial charge >= 0.3 is 0 Å². The number of fused-ring (bicyclic) bond motifs is 1. The number of rotatable bonds is 5. The highest BCUT2D eigenvalue weighted by Gasteiger charge is 2.21. The van der Waals surface area contributed by atoms with Crippen LogP contribution in [0.4, 0.5) is 4.39 Å². The lowest BCUT2D eigenvalue weighted by atomic mass is 10.0. The minimum absolute atomic E-state index is 0.510. The number of nitrogens with one attached hydrogen (secondary N) is 1. The first-order chi connectivity index (χ1) is 8.26. The smallest absolute Gasteiger partial charge is 0.108 e. The minimum atomic E-state index is -0.772. The Morgan fingerprint density at radius 2 is 2.35 bits per heavy atom. The molecule has 94 valence electrons. The van der Waals surface area contributed by atoms with Crippen LogP contribution in [0, 0.1) is 0 Å². The molecule has 0 saturated heterocycles. The number of thioether (sulfide) groups is 1. The molecule has 0 radical (unpaired) electrons. The van der Waals surface area contributed by atoms with E-state index in [-0.39, 0.29) is 0 Å². The summed E-state index contributed by atoms with van der Waals surface area (Å²) in [4.78, 5) is 1.23. The van der Waals surface area contributed by atoms with E-state index in [9.17, 15) is 9.50 Å². The number of halogens is 1. The van der Waals surface area contributed by atoms with Crippen LogP contribution in [0.25, 0.3) is 0 Å². The van der Waals surface area contributed by atoms with Gasteiger partial charge in [-0.25, -0.2) is 4.39 Å². The molecule has 2 nitrogen and oxygen atoms in total. The van der Waals surface area contributed by atoms with Gasteiger partial charge in [0.15, 0.2) is 0 Å². The molecular formula is C13H18FNOS. The molecule has 17 heavy (non-hydrogen) atoms. The summed E-state index contributed by atoms with van der Waals surface area (Å²) in [5, 5.41) is 13.1. The molecule has 0 bridgehead atoms. The van der Waals surface area contributed by atoms with E-state index in [1.807, 2.05) is 19.1 Å². The molecule has 1 heterocycles.